The molecule has 13 heavy (non-hydrogen) atoms. The van der Waals surface area contributed by atoms with Crippen LogP contribution in [-0.4, -0.2) is 16.2 Å². The molecule has 1 atom stereocenters. The Labute approximate surface area is 80.1 Å². The van der Waals surface area contributed by atoms with Gasteiger partial charge in [0.25, 0.3) is 10.6 Å². The quantitative estimate of drug-likeness (QED) is 0.672. The van der Waals surface area contributed by atoms with Gasteiger partial charge in [-0.3, -0.25) is 0 Å². The summed E-state index contributed by atoms with van der Waals surface area (Å²) in [5.41, 5.74) is -0.866. The van der Waals surface area contributed by atoms with Crippen molar-refractivity contribution in [2.45, 2.75) is 19.4 Å². The van der Waals surface area contributed by atoms with Crippen molar-refractivity contribution in [2.24, 2.45) is 7.05 Å². The van der Waals surface area contributed by atoms with E-state index < -0.39 is 11.6 Å². The number of carbonyl (C=O) groups is 1. The van der Waals surface area contributed by atoms with Crippen LogP contribution in [0.2, 0.25) is 0 Å². The minimum Gasteiger partial charge on any atom is -0.479 e. The van der Waals surface area contributed by atoms with Gasteiger partial charge >= 0.3 is 5.97 Å². The standard InChI is InChI=1S/C8H11NO3S/c1-5-4-13-6(9(5)3)8(2,12)7(10)11/h4,12H,1-3H3/p+1. The molecular formula is C8H12NO3S+. The van der Waals surface area contributed by atoms with E-state index in [1.54, 1.807) is 11.6 Å². The maximum atomic E-state index is 10.7. The van der Waals surface area contributed by atoms with Crippen LogP contribution in [0.25, 0.3) is 0 Å². The van der Waals surface area contributed by atoms with Crippen LogP contribution < -0.4 is 4.57 Å². The molecule has 0 aliphatic rings. The first-order valence-electron chi connectivity index (χ1n) is 3.77. The van der Waals surface area contributed by atoms with Gasteiger partial charge in [0, 0.05) is 6.92 Å². The van der Waals surface area contributed by atoms with Gasteiger partial charge in [-0.1, -0.05) is 11.3 Å². The minimum atomic E-state index is -1.80. The number of carboxylic acids is 1. The summed E-state index contributed by atoms with van der Waals surface area (Å²) in [6.45, 7) is 3.14. The zero-order valence-corrected chi connectivity index (χ0v) is 8.55. The summed E-state index contributed by atoms with van der Waals surface area (Å²) in [6, 6.07) is 0. The Kier molecular flexibility index (Phi) is 2.40. The highest BCUT2D eigenvalue weighted by molar-refractivity contribution is 7.09. The fraction of sp³-hybridized carbons (Fsp3) is 0.500. The van der Waals surface area contributed by atoms with Crippen molar-refractivity contribution in [1.82, 2.24) is 0 Å². The Hall–Kier alpha value is -0.940. The summed E-state index contributed by atoms with van der Waals surface area (Å²) in [4.78, 5) is 10.7. The molecule has 72 valence electrons. The number of aliphatic carboxylic acids is 1. The van der Waals surface area contributed by atoms with E-state index in [4.69, 9.17) is 5.11 Å². The first-order chi connectivity index (χ1) is 5.87. The molecule has 0 spiro atoms. The smallest absolute Gasteiger partial charge is 0.347 e. The molecule has 0 amide bonds. The lowest BCUT2D eigenvalue weighted by Gasteiger charge is -2.11. The highest BCUT2D eigenvalue weighted by Crippen LogP contribution is 2.22. The topological polar surface area (TPSA) is 61.4 Å². The molecule has 1 aromatic rings. The fourth-order valence-corrected chi connectivity index (χ4v) is 2.05. The predicted molar refractivity (Wildman–Crippen MR) is 47.4 cm³/mol. The number of aliphatic hydroxyl groups is 1. The zero-order valence-electron chi connectivity index (χ0n) is 7.74. The van der Waals surface area contributed by atoms with Crippen molar-refractivity contribution in [2.75, 3.05) is 0 Å². The van der Waals surface area contributed by atoms with Gasteiger partial charge in [-0.2, -0.15) is 4.57 Å². The minimum absolute atomic E-state index is 0.428. The number of carboxylic acid groups (broad SMARTS) is 1. The SMILES string of the molecule is Cc1csc(C(C)(O)C(=O)O)[n+]1C. The first kappa shape index (κ1) is 10.1. The summed E-state index contributed by atoms with van der Waals surface area (Å²) in [5.74, 6) is -1.23. The van der Waals surface area contributed by atoms with Gasteiger partial charge in [-0.05, 0) is 6.92 Å². The van der Waals surface area contributed by atoms with Crippen LogP contribution in [0.5, 0.6) is 0 Å². The fourth-order valence-electron chi connectivity index (χ4n) is 0.992. The Morgan fingerprint density at radius 1 is 1.69 bits per heavy atom. The van der Waals surface area contributed by atoms with E-state index in [0.717, 1.165) is 5.69 Å². The Balaban J connectivity index is 3.22. The van der Waals surface area contributed by atoms with Crippen LogP contribution in [0.1, 0.15) is 17.6 Å². The molecule has 4 nitrogen and oxygen atoms in total. The molecule has 1 heterocycles. The maximum Gasteiger partial charge on any atom is 0.347 e. The van der Waals surface area contributed by atoms with Crippen LogP contribution in [0.3, 0.4) is 0 Å². The lowest BCUT2D eigenvalue weighted by Crippen LogP contribution is -2.45. The van der Waals surface area contributed by atoms with Gasteiger partial charge in [-0.25, -0.2) is 4.79 Å². The third-order valence-electron chi connectivity index (χ3n) is 2.01. The molecule has 0 aromatic carbocycles. The number of hydrogen-bond donors (Lipinski definition) is 2. The highest BCUT2D eigenvalue weighted by atomic mass is 32.1. The zero-order chi connectivity index (χ0) is 10.2. The number of aryl methyl sites for hydroxylation is 1. The predicted octanol–water partition coefficient (Wildman–Crippen LogP) is 0.173. The second-order valence-electron chi connectivity index (χ2n) is 3.12. The van der Waals surface area contributed by atoms with Crippen LogP contribution in [0.4, 0.5) is 0 Å². The Bertz CT molecular complexity index is 343. The van der Waals surface area contributed by atoms with Crippen molar-refractivity contribution >= 4 is 17.3 Å². The van der Waals surface area contributed by atoms with E-state index in [9.17, 15) is 9.90 Å². The number of aromatic nitrogens is 1. The van der Waals surface area contributed by atoms with Crippen molar-refractivity contribution in [1.29, 1.82) is 0 Å². The van der Waals surface area contributed by atoms with Crippen molar-refractivity contribution in [3.63, 3.8) is 0 Å². The maximum absolute atomic E-state index is 10.7. The summed E-state index contributed by atoms with van der Waals surface area (Å²) in [6.07, 6.45) is 0. The number of nitrogens with zero attached hydrogens (tertiary/aromatic N) is 1. The van der Waals surface area contributed by atoms with E-state index in [1.165, 1.54) is 18.3 Å². The molecule has 0 aliphatic carbocycles. The molecule has 2 N–H and O–H groups in total. The second kappa shape index (κ2) is 3.08. The number of rotatable bonds is 2. The molecule has 0 bridgehead atoms. The molecule has 0 saturated carbocycles. The number of hydrogen-bond acceptors (Lipinski definition) is 3. The molecule has 1 aromatic heterocycles. The van der Waals surface area contributed by atoms with E-state index in [2.05, 4.69) is 0 Å². The average Bonchev–Trinajstić information content (AvgIpc) is 2.33. The lowest BCUT2D eigenvalue weighted by molar-refractivity contribution is -0.685. The molecule has 0 fully saturated rings. The largest absolute Gasteiger partial charge is 0.479 e. The van der Waals surface area contributed by atoms with Crippen molar-refractivity contribution in [3.8, 4) is 0 Å². The molecule has 0 saturated heterocycles. The summed E-state index contributed by atoms with van der Waals surface area (Å²) in [7, 11) is 1.73. The molecule has 0 radical (unpaired) electrons. The van der Waals surface area contributed by atoms with Gasteiger partial charge in [0.2, 0.25) is 0 Å². The van der Waals surface area contributed by atoms with Gasteiger partial charge in [-0.15, -0.1) is 0 Å². The molecule has 5 heteroatoms. The van der Waals surface area contributed by atoms with Crippen LogP contribution in [0.15, 0.2) is 5.38 Å². The van der Waals surface area contributed by atoms with Crippen LogP contribution in [0, 0.1) is 6.92 Å². The van der Waals surface area contributed by atoms with E-state index in [1.807, 2.05) is 12.3 Å². The summed E-state index contributed by atoms with van der Waals surface area (Å²) < 4.78 is 1.68. The average molecular weight is 202 g/mol. The Morgan fingerprint density at radius 2 is 2.23 bits per heavy atom. The van der Waals surface area contributed by atoms with E-state index >= 15 is 0 Å². The summed E-state index contributed by atoms with van der Waals surface area (Å²) >= 11 is 1.24. The normalized spacial score (nSPS) is 15.4. The Morgan fingerprint density at radius 3 is 2.54 bits per heavy atom. The van der Waals surface area contributed by atoms with Crippen LogP contribution >= 0.6 is 11.3 Å². The van der Waals surface area contributed by atoms with Crippen molar-refractivity contribution < 1.29 is 19.6 Å². The summed E-state index contributed by atoms with van der Waals surface area (Å²) in [5, 5.41) is 20.7. The van der Waals surface area contributed by atoms with Gasteiger partial charge in [0.15, 0.2) is 5.69 Å². The van der Waals surface area contributed by atoms with E-state index in [0.29, 0.717) is 5.01 Å². The third-order valence-corrected chi connectivity index (χ3v) is 3.36. The highest BCUT2D eigenvalue weighted by Gasteiger charge is 2.42. The first-order valence-corrected chi connectivity index (χ1v) is 4.65. The lowest BCUT2D eigenvalue weighted by atomic mass is 10.1. The molecule has 1 rings (SSSR count). The van der Waals surface area contributed by atoms with Gasteiger partial charge < -0.3 is 10.2 Å². The van der Waals surface area contributed by atoms with Gasteiger partial charge in [0.1, 0.15) is 7.05 Å². The molecular weight excluding hydrogens is 190 g/mol. The molecule has 0 aliphatic heterocycles. The van der Waals surface area contributed by atoms with E-state index in [-0.39, 0.29) is 0 Å². The van der Waals surface area contributed by atoms with Crippen molar-refractivity contribution in [3.05, 3.63) is 16.1 Å². The molecule has 1 unspecified atom stereocenters. The monoisotopic (exact) mass is 202 g/mol. The van der Waals surface area contributed by atoms with Gasteiger partial charge in [0.05, 0.1) is 5.38 Å². The second-order valence-corrected chi connectivity index (χ2v) is 3.98. The van der Waals surface area contributed by atoms with Crippen LogP contribution in [-0.2, 0) is 17.4 Å². The third kappa shape index (κ3) is 1.57. The number of thiazole rings is 1.